The summed E-state index contributed by atoms with van der Waals surface area (Å²) < 4.78 is 6.77. The van der Waals surface area contributed by atoms with Gasteiger partial charge in [0.05, 0.1) is 25.0 Å². The summed E-state index contributed by atoms with van der Waals surface area (Å²) >= 11 is 6.00. The molecule has 0 bridgehead atoms. The molecular weight excluding hydrogens is 292 g/mol. The summed E-state index contributed by atoms with van der Waals surface area (Å²) in [5.74, 6) is -0.100. The van der Waals surface area contributed by atoms with Crippen molar-refractivity contribution in [3.05, 3.63) is 41.2 Å². The summed E-state index contributed by atoms with van der Waals surface area (Å²) in [6, 6.07) is 4.89. The van der Waals surface area contributed by atoms with Gasteiger partial charge in [-0.1, -0.05) is 11.6 Å². The quantitative estimate of drug-likeness (QED) is 0.889. The van der Waals surface area contributed by atoms with Crippen LogP contribution in [0, 0.1) is 0 Å². The van der Waals surface area contributed by atoms with Crippen LogP contribution in [0.5, 0.6) is 0 Å². The van der Waals surface area contributed by atoms with Crippen LogP contribution in [0.15, 0.2) is 30.6 Å². The number of nitrogens with zero attached hydrogens (tertiary/aromatic N) is 2. The SMILES string of the molecule is COCCn1cc(NC2C(=O)Nc3ccc(Cl)cc32)cn1. The second-order valence-corrected chi connectivity index (χ2v) is 5.22. The lowest BCUT2D eigenvalue weighted by molar-refractivity contribution is -0.116. The largest absolute Gasteiger partial charge is 0.383 e. The van der Waals surface area contributed by atoms with Gasteiger partial charge >= 0.3 is 0 Å². The Bertz CT molecular complexity index is 671. The molecule has 110 valence electrons. The van der Waals surface area contributed by atoms with Crippen LogP contribution in [0.4, 0.5) is 11.4 Å². The van der Waals surface area contributed by atoms with Crippen LogP contribution < -0.4 is 10.6 Å². The molecule has 0 fully saturated rings. The maximum absolute atomic E-state index is 12.1. The van der Waals surface area contributed by atoms with Crippen molar-refractivity contribution in [1.29, 1.82) is 0 Å². The minimum Gasteiger partial charge on any atom is -0.383 e. The minimum absolute atomic E-state index is 0.100. The number of carbonyl (C=O) groups is 1. The zero-order chi connectivity index (χ0) is 14.8. The molecule has 0 aliphatic carbocycles. The number of hydrogen-bond donors (Lipinski definition) is 2. The molecule has 0 radical (unpaired) electrons. The van der Waals surface area contributed by atoms with Gasteiger partial charge in [0.15, 0.2) is 0 Å². The van der Waals surface area contributed by atoms with Gasteiger partial charge in [0, 0.05) is 29.6 Å². The number of amides is 1. The molecule has 3 rings (SSSR count). The maximum Gasteiger partial charge on any atom is 0.251 e. The summed E-state index contributed by atoms with van der Waals surface area (Å²) in [5, 5.41) is 10.8. The third-order valence-electron chi connectivity index (χ3n) is 3.31. The van der Waals surface area contributed by atoms with Gasteiger partial charge in [-0.15, -0.1) is 0 Å². The first-order valence-electron chi connectivity index (χ1n) is 6.55. The minimum atomic E-state index is -0.459. The van der Waals surface area contributed by atoms with Gasteiger partial charge in [-0.2, -0.15) is 5.10 Å². The number of ether oxygens (including phenoxy) is 1. The zero-order valence-electron chi connectivity index (χ0n) is 11.5. The second kappa shape index (κ2) is 5.75. The monoisotopic (exact) mass is 306 g/mol. The number of methoxy groups -OCH3 is 1. The summed E-state index contributed by atoms with van der Waals surface area (Å²) in [7, 11) is 1.65. The normalized spacial score (nSPS) is 16.7. The van der Waals surface area contributed by atoms with Gasteiger partial charge in [0.1, 0.15) is 6.04 Å². The number of carbonyl (C=O) groups excluding carboxylic acids is 1. The smallest absolute Gasteiger partial charge is 0.251 e. The van der Waals surface area contributed by atoms with Crippen molar-refractivity contribution in [3.63, 3.8) is 0 Å². The van der Waals surface area contributed by atoms with E-state index >= 15 is 0 Å². The number of anilines is 2. The highest BCUT2D eigenvalue weighted by atomic mass is 35.5. The highest BCUT2D eigenvalue weighted by molar-refractivity contribution is 6.31. The summed E-state index contributed by atoms with van der Waals surface area (Å²) in [4.78, 5) is 12.1. The van der Waals surface area contributed by atoms with Crippen LogP contribution in [0.3, 0.4) is 0 Å². The number of halogens is 1. The Balaban J connectivity index is 1.77. The van der Waals surface area contributed by atoms with Crippen molar-refractivity contribution in [1.82, 2.24) is 9.78 Å². The first kappa shape index (κ1) is 13.9. The molecule has 1 aliphatic heterocycles. The number of nitrogens with one attached hydrogen (secondary N) is 2. The Morgan fingerprint density at radius 3 is 3.19 bits per heavy atom. The van der Waals surface area contributed by atoms with Gasteiger partial charge in [0.25, 0.3) is 5.91 Å². The summed E-state index contributed by atoms with van der Waals surface area (Å²) in [6.45, 7) is 1.25. The van der Waals surface area contributed by atoms with E-state index in [2.05, 4.69) is 15.7 Å². The van der Waals surface area contributed by atoms with Crippen LogP contribution in [-0.2, 0) is 16.1 Å². The second-order valence-electron chi connectivity index (χ2n) is 4.78. The Labute approximate surface area is 127 Å². The Kier molecular flexibility index (Phi) is 3.81. The molecule has 1 amide bonds. The van der Waals surface area contributed by atoms with Crippen molar-refractivity contribution >= 4 is 28.9 Å². The van der Waals surface area contributed by atoms with Gasteiger partial charge in [0.2, 0.25) is 0 Å². The molecule has 1 aliphatic rings. The van der Waals surface area contributed by atoms with E-state index in [4.69, 9.17) is 16.3 Å². The van der Waals surface area contributed by atoms with Gasteiger partial charge < -0.3 is 15.4 Å². The lowest BCUT2D eigenvalue weighted by atomic mass is 10.1. The molecular formula is C14H15ClN4O2. The van der Waals surface area contributed by atoms with Crippen molar-refractivity contribution in [2.45, 2.75) is 12.6 Å². The van der Waals surface area contributed by atoms with E-state index < -0.39 is 6.04 Å². The lowest BCUT2D eigenvalue weighted by Gasteiger charge is -2.11. The van der Waals surface area contributed by atoms with E-state index in [9.17, 15) is 4.79 Å². The third-order valence-corrected chi connectivity index (χ3v) is 3.55. The molecule has 2 heterocycles. The number of rotatable bonds is 5. The topological polar surface area (TPSA) is 68.2 Å². The molecule has 1 atom stereocenters. The van der Waals surface area contributed by atoms with E-state index in [1.54, 1.807) is 36.2 Å². The van der Waals surface area contributed by atoms with Gasteiger partial charge in [-0.25, -0.2) is 0 Å². The standard InChI is InChI=1S/C14H15ClN4O2/c1-21-5-4-19-8-10(7-16-19)17-13-11-6-9(15)2-3-12(11)18-14(13)20/h2-3,6-8,13,17H,4-5H2,1H3,(H,18,20). The van der Waals surface area contributed by atoms with Crippen LogP contribution in [0.25, 0.3) is 0 Å². The number of aromatic nitrogens is 2. The highest BCUT2D eigenvalue weighted by Crippen LogP contribution is 2.34. The first-order chi connectivity index (χ1) is 10.2. The zero-order valence-corrected chi connectivity index (χ0v) is 12.2. The van der Waals surface area contributed by atoms with Crippen LogP contribution >= 0.6 is 11.6 Å². The van der Waals surface area contributed by atoms with E-state index in [0.717, 1.165) is 16.9 Å². The lowest BCUT2D eigenvalue weighted by Crippen LogP contribution is -2.19. The summed E-state index contributed by atoms with van der Waals surface area (Å²) in [5.41, 5.74) is 2.41. The fourth-order valence-electron chi connectivity index (χ4n) is 2.29. The van der Waals surface area contributed by atoms with E-state index in [1.165, 1.54) is 0 Å². The number of hydrogen-bond acceptors (Lipinski definition) is 4. The predicted octanol–water partition coefficient (Wildman–Crippen LogP) is 2.29. The molecule has 2 N–H and O–H groups in total. The van der Waals surface area contributed by atoms with Crippen molar-refractivity contribution in [3.8, 4) is 0 Å². The molecule has 21 heavy (non-hydrogen) atoms. The van der Waals surface area contributed by atoms with Gasteiger partial charge in [-0.3, -0.25) is 9.48 Å². The Hall–Kier alpha value is -2.05. The molecule has 2 aromatic rings. The number of fused-ring (bicyclic) bond motifs is 1. The first-order valence-corrected chi connectivity index (χ1v) is 6.93. The maximum atomic E-state index is 12.1. The molecule has 0 saturated heterocycles. The van der Waals surface area contributed by atoms with Crippen LogP contribution in [0.2, 0.25) is 5.02 Å². The molecule has 1 unspecified atom stereocenters. The fraction of sp³-hybridized carbons (Fsp3) is 0.286. The van der Waals surface area contributed by atoms with Crippen LogP contribution in [0.1, 0.15) is 11.6 Å². The molecule has 6 nitrogen and oxygen atoms in total. The van der Waals surface area contributed by atoms with E-state index in [-0.39, 0.29) is 5.91 Å². The Morgan fingerprint density at radius 1 is 1.52 bits per heavy atom. The Morgan fingerprint density at radius 2 is 2.38 bits per heavy atom. The van der Waals surface area contributed by atoms with Gasteiger partial charge in [-0.05, 0) is 18.2 Å². The fourth-order valence-corrected chi connectivity index (χ4v) is 2.47. The van der Waals surface area contributed by atoms with E-state index in [0.29, 0.717) is 18.2 Å². The molecule has 0 spiro atoms. The third kappa shape index (κ3) is 2.86. The number of benzene rings is 1. The average Bonchev–Trinajstić information content (AvgIpc) is 3.03. The molecule has 1 aromatic heterocycles. The van der Waals surface area contributed by atoms with Crippen molar-refractivity contribution < 1.29 is 9.53 Å². The molecule has 1 aromatic carbocycles. The van der Waals surface area contributed by atoms with Crippen molar-refractivity contribution in [2.24, 2.45) is 0 Å². The summed E-state index contributed by atoms with van der Waals surface area (Å²) in [6.07, 6.45) is 3.53. The van der Waals surface area contributed by atoms with Crippen molar-refractivity contribution in [2.75, 3.05) is 24.4 Å². The highest BCUT2D eigenvalue weighted by Gasteiger charge is 2.30. The molecule has 7 heteroatoms. The average molecular weight is 307 g/mol. The van der Waals surface area contributed by atoms with E-state index in [1.807, 2.05) is 6.20 Å². The van der Waals surface area contributed by atoms with Crippen LogP contribution in [-0.4, -0.2) is 29.4 Å². The predicted molar refractivity (Wildman–Crippen MR) is 80.5 cm³/mol. The molecule has 0 saturated carbocycles.